The first-order chi connectivity index (χ1) is 10.5. The molecule has 0 aliphatic rings. The van der Waals surface area contributed by atoms with E-state index >= 15 is 0 Å². The van der Waals surface area contributed by atoms with E-state index in [0.29, 0.717) is 0 Å². The Morgan fingerprint density at radius 1 is 0.682 bits per heavy atom. The lowest BCUT2D eigenvalue weighted by Crippen LogP contribution is -1.86. The number of allylic oxidation sites excluding steroid dienone is 2. The Labute approximate surface area is 134 Å². The zero-order valence-corrected chi connectivity index (χ0v) is 13.6. The summed E-state index contributed by atoms with van der Waals surface area (Å²) in [6, 6.07) is 16.3. The molecule has 0 saturated carbocycles. The standard InChI is InChI=1S/C12H14.C10H10/c1-9(2)11-7-5-6-8-12(11)10(3)4;1-3-9-5-7-10(4-2)8-6-9/h5-8H,1,3H2,2,4H3;3-8H,1-2H2. The van der Waals surface area contributed by atoms with E-state index in [-0.39, 0.29) is 0 Å². The Bertz CT molecular complexity index is 609. The zero-order chi connectivity index (χ0) is 16.5. The third-order valence-electron chi connectivity index (χ3n) is 3.25. The van der Waals surface area contributed by atoms with Crippen LogP contribution in [0.4, 0.5) is 0 Å². The summed E-state index contributed by atoms with van der Waals surface area (Å²) in [4.78, 5) is 0. The maximum Gasteiger partial charge on any atom is -0.0158 e. The highest BCUT2D eigenvalue weighted by molar-refractivity contribution is 5.76. The van der Waals surface area contributed by atoms with Crippen molar-refractivity contribution in [1.82, 2.24) is 0 Å². The molecule has 0 heteroatoms. The molecular formula is C22H24. The predicted molar refractivity (Wildman–Crippen MR) is 102 cm³/mol. The summed E-state index contributed by atoms with van der Waals surface area (Å²) in [5, 5.41) is 0. The molecule has 0 aromatic heterocycles. The lowest BCUT2D eigenvalue weighted by molar-refractivity contribution is 1.50. The van der Waals surface area contributed by atoms with Crippen LogP contribution in [0, 0.1) is 0 Å². The van der Waals surface area contributed by atoms with E-state index < -0.39 is 0 Å². The highest BCUT2D eigenvalue weighted by atomic mass is 14.1. The van der Waals surface area contributed by atoms with Gasteiger partial charge in [0.05, 0.1) is 0 Å². The second kappa shape index (κ2) is 8.63. The second-order valence-corrected chi connectivity index (χ2v) is 5.18. The van der Waals surface area contributed by atoms with Gasteiger partial charge in [0, 0.05) is 0 Å². The Morgan fingerprint density at radius 3 is 1.23 bits per heavy atom. The van der Waals surface area contributed by atoms with Crippen LogP contribution in [0.3, 0.4) is 0 Å². The summed E-state index contributed by atoms with van der Waals surface area (Å²) in [7, 11) is 0. The van der Waals surface area contributed by atoms with E-state index in [0.717, 1.165) is 22.3 Å². The maximum atomic E-state index is 3.93. The molecule has 0 aliphatic carbocycles. The first-order valence-electron chi connectivity index (χ1n) is 7.25. The summed E-state index contributed by atoms with van der Waals surface area (Å²) in [5.74, 6) is 0. The Hall–Kier alpha value is -2.60. The van der Waals surface area contributed by atoms with E-state index in [4.69, 9.17) is 0 Å². The van der Waals surface area contributed by atoms with Gasteiger partial charge in [-0.15, -0.1) is 0 Å². The smallest absolute Gasteiger partial charge is 0.0158 e. The minimum atomic E-state index is 1.09. The summed E-state index contributed by atoms with van der Waals surface area (Å²) in [6.45, 7) is 19.2. The van der Waals surface area contributed by atoms with Gasteiger partial charge in [-0.1, -0.05) is 98.1 Å². The van der Waals surface area contributed by atoms with Gasteiger partial charge in [-0.2, -0.15) is 0 Å². The topological polar surface area (TPSA) is 0 Å². The van der Waals surface area contributed by atoms with Gasteiger partial charge in [-0.05, 0) is 36.1 Å². The molecule has 0 unspecified atom stereocenters. The largest absolute Gasteiger partial charge is 0.0985 e. The molecule has 0 atom stereocenters. The van der Waals surface area contributed by atoms with Crippen molar-refractivity contribution < 1.29 is 0 Å². The SMILES string of the molecule is C=C(C)c1ccccc1C(=C)C.C=Cc1ccc(C=C)cc1. The van der Waals surface area contributed by atoms with Crippen LogP contribution < -0.4 is 0 Å². The number of hydrogen-bond donors (Lipinski definition) is 0. The third-order valence-corrected chi connectivity index (χ3v) is 3.25. The minimum Gasteiger partial charge on any atom is -0.0985 e. The van der Waals surface area contributed by atoms with Crippen molar-refractivity contribution in [3.63, 3.8) is 0 Å². The van der Waals surface area contributed by atoms with Gasteiger partial charge in [0.15, 0.2) is 0 Å². The van der Waals surface area contributed by atoms with E-state index in [9.17, 15) is 0 Å². The van der Waals surface area contributed by atoms with Crippen molar-refractivity contribution in [2.45, 2.75) is 13.8 Å². The van der Waals surface area contributed by atoms with Crippen LogP contribution in [0.2, 0.25) is 0 Å². The van der Waals surface area contributed by atoms with E-state index in [2.05, 4.69) is 38.4 Å². The molecule has 2 rings (SSSR count). The molecule has 0 radical (unpaired) electrons. The zero-order valence-electron chi connectivity index (χ0n) is 13.6. The molecule has 2 aromatic carbocycles. The van der Waals surface area contributed by atoms with Crippen molar-refractivity contribution >= 4 is 23.3 Å². The van der Waals surface area contributed by atoms with Crippen molar-refractivity contribution in [3.05, 3.63) is 97.1 Å². The molecule has 0 amide bonds. The molecular weight excluding hydrogens is 264 g/mol. The van der Waals surface area contributed by atoms with Gasteiger partial charge in [-0.25, -0.2) is 0 Å². The fraction of sp³-hybridized carbons (Fsp3) is 0.0909. The molecule has 0 spiro atoms. The van der Waals surface area contributed by atoms with E-state index in [1.165, 1.54) is 11.1 Å². The number of rotatable bonds is 4. The summed E-state index contributed by atoms with van der Waals surface area (Å²) in [5.41, 5.74) is 6.87. The summed E-state index contributed by atoms with van der Waals surface area (Å²) in [6.07, 6.45) is 3.65. The third kappa shape index (κ3) is 5.06. The highest BCUT2D eigenvalue weighted by Gasteiger charge is 2.01. The molecule has 0 aliphatic heterocycles. The fourth-order valence-electron chi connectivity index (χ4n) is 2.00. The Balaban J connectivity index is 0.000000224. The molecule has 0 nitrogen and oxygen atoms in total. The highest BCUT2D eigenvalue weighted by Crippen LogP contribution is 2.22. The van der Waals surface area contributed by atoms with Crippen LogP contribution in [0.15, 0.2) is 74.8 Å². The van der Waals surface area contributed by atoms with Gasteiger partial charge in [-0.3, -0.25) is 0 Å². The molecule has 0 bridgehead atoms. The van der Waals surface area contributed by atoms with Gasteiger partial charge in [0.25, 0.3) is 0 Å². The molecule has 2 aromatic rings. The molecule has 22 heavy (non-hydrogen) atoms. The monoisotopic (exact) mass is 288 g/mol. The van der Waals surface area contributed by atoms with Crippen molar-refractivity contribution in [3.8, 4) is 0 Å². The van der Waals surface area contributed by atoms with Crippen LogP contribution in [0.5, 0.6) is 0 Å². The van der Waals surface area contributed by atoms with Crippen molar-refractivity contribution in [1.29, 1.82) is 0 Å². The van der Waals surface area contributed by atoms with E-state index in [1.54, 1.807) is 0 Å². The second-order valence-electron chi connectivity index (χ2n) is 5.18. The quantitative estimate of drug-likeness (QED) is 0.585. The van der Waals surface area contributed by atoms with Gasteiger partial charge in [0.2, 0.25) is 0 Å². The van der Waals surface area contributed by atoms with Crippen LogP contribution in [0.1, 0.15) is 36.1 Å². The van der Waals surface area contributed by atoms with Gasteiger partial charge in [0.1, 0.15) is 0 Å². The maximum absolute atomic E-state index is 3.93. The van der Waals surface area contributed by atoms with Gasteiger partial charge < -0.3 is 0 Å². The first kappa shape index (κ1) is 17.5. The number of hydrogen-bond acceptors (Lipinski definition) is 0. The normalized spacial score (nSPS) is 9.18. The Morgan fingerprint density at radius 2 is 1.00 bits per heavy atom. The predicted octanol–water partition coefficient (Wildman–Crippen LogP) is 6.73. The molecule has 0 N–H and O–H groups in total. The van der Waals surface area contributed by atoms with Gasteiger partial charge >= 0.3 is 0 Å². The molecule has 0 fully saturated rings. The summed E-state index contributed by atoms with van der Waals surface area (Å²) >= 11 is 0. The molecule has 0 heterocycles. The average molecular weight is 288 g/mol. The van der Waals surface area contributed by atoms with E-state index in [1.807, 2.05) is 62.4 Å². The van der Waals surface area contributed by atoms with Crippen LogP contribution in [-0.4, -0.2) is 0 Å². The lowest BCUT2D eigenvalue weighted by Gasteiger charge is -2.07. The average Bonchev–Trinajstić information content (AvgIpc) is 2.55. The fourth-order valence-corrected chi connectivity index (χ4v) is 2.00. The first-order valence-corrected chi connectivity index (χ1v) is 7.25. The van der Waals surface area contributed by atoms with Crippen LogP contribution >= 0.6 is 0 Å². The molecule has 0 saturated heterocycles. The van der Waals surface area contributed by atoms with Crippen LogP contribution in [-0.2, 0) is 0 Å². The van der Waals surface area contributed by atoms with Crippen molar-refractivity contribution in [2.24, 2.45) is 0 Å². The Kier molecular flexibility index (Phi) is 6.85. The van der Waals surface area contributed by atoms with Crippen LogP contribution in [0.25, 0.3) is 23.3 Å². The summed E-state index contributed by atoms with van der Waals surface area (Å²) < 4.78 is 0. The van der Waals surface area contributed by atoms with Crippen molar-refractivity contribution in [2.75, 3.05) is 0 Å². The lowest BCUT2D eigenvalue weighted by atomic mass is 9.98. The minimum absolute atomic E-state index is 1.09. The molecule has 112 valence electrons. The number of benzene rings is 2.